The number of ether oxygens (including phenoxy) is 1. The number of nitrogens with zero attached hydrogens (tertiary/aromatic N) is 2. The summed E-state index contributed by atoms with van der Waals surface area (Å²) in [7, 11) is 0. The first-order chi connectivity index (χ1) is 9.73. The Morgan fingerprint density at radius 3 is 2.70 bits per heavy atom. The summed E-state index contributed by atoms with van der Waals surface area (Å²) in [6, 6.07) is 0. The summed E-state index contributed by atoms with van der Waals surface area (Å²) in [5.74, 6) is 1.67. The van der Waals surface area contributed by atoms with Gasteiger partial charge in [0, 0.05) is 6.61 Å². The summed E-state index contributed by atoms with van der Waals surface area (Å²) in [6.07, 6.45) is 8.93. The zero-order valence-electron chi connectivity index (χ0n) is 12.3. The van der Waals surface area contributed by atoms with E-state index in [9.17, 15) is 0 Å². The standard InChI is InChI=1S/C15H25N3O2/c1-2-12-11(7-10-19-12)13-17-14(18-20-13)15(16)8-5-3-4-6-9-15/h11-12H,2-10,16H2,1H3. The summed E-state index contributed by atoms with van der Waals surface area (Å²) in [5, 5.41) is 4.20. The van der Waals surface area contributed by atoms with Crippen LogP contribution in [0.1, 0.15) is 75.9 Å². The van der Waals surface area contributed by atoms with E-state index in [1.54, 1.807) is 0 Å². The molecule has 1 saturated heterocycles. The lowest BCUT2D eigenvalue weighted by atomic mass is 9.90. The van der Waals surface area contributed by atoms with E-state index in [4.69, 9.17) is 15.0 Å². The van der Waals surface area contributed by atoms with Crippen LogP contribution in [0.25, 0.3) is 0 Å². The SMILES string of the molecule is CCC1OCCC1c1nc(C2(N)CCCCCC2)no1. The van der Waals surface area contributed by atoms with E-state index in [1.165, 1.54) is 12.8 Å². The van der Waals surface area contributed by atoms with E-state index in [0.717, 1.165) is 51.0 Å². The highest BCUT2D eigenvalue weighted by Crippen LogP contribution is 2.35. The normalized spacial score (nSPS) is 30.3. The van der Waals surface area contributed by atoms with E-state index in [2.05, 4.69) is 17.1 Å². The first-order valence-corrected chi connectivity index (χ1v) is 7.97. The molecule has 2 unspecified atom stereocenters. The molecule has 1 aliphatic heterocycles. The fourth-order valence-electron chi connectivity index (χ4n) is 3.50. The average molecular weight is 279 g/mol. The lowest BCUT2D eigenvalue weighted by molar-refractivity contribution is 0.0953. The second-order valence-corrected chi connectivity index (χ2v) is 6.24. The van der Waals surface area contributed by atoms with Crippen LogP contribution in [0.15, 0.2) is 4.52 Å². The van der Waals surface area contributed by atoms with Gasteiger partial charge in [-0.1, -0.05) is 37.8 Å². The highest BCUT2D eigenvalue weighted by atomic mass is 16.5. The Morgan fingerprint density at radius 2 is 2.00 bits per heavy atom. The minimum Gasteiger partial charge on any atom is -0.377 e. The minimum absolute atomic E-state index is 0.214. The van der Waals surface area contributed by atoms with Crippen LogP contribution in [0, 0.1) is 0 Å². The predicted molar refractivity (Wildman–Crippen MR) is 75.3 cm³/mol. The average Bonchev–Trinajstić information content (AvgIpc) is 3.06. The third-order valence-corrected chi connectivity index (χ3v) is 4.81. The maximum atomic E-state index is 6.54. The molecule has 0 radical (unpaired) electrons. The first-order valence-electron chi connectivity index (χ1n) is 7.97. The van der Waals surface area contributed by atoms with Gasteiger partial charge in [0.25, 0.3) is 0 Å². The molecule has 1 saturated carbocycles. The lowest BCUT2D eigenvalue weighted by Crippen LogP contribution is -2.37. The van der Waals surface area contributed by atoms with Crippen molar-refractivity contribution >= 4 is 0 Å². The molecule has 20 heavy (non-hydrogen) atoms. The van der Waals surface area contributed by atoms with Crippen molar-refractivity contribution in [2.24, 2.45) is 5.73 Å². The Bertz CT molecular complexity index is 438. The molecule has 2 fully saturated rings. The van der Waals surface area contributed by atoms with Crippen molar-refractivity contribution in [1.29, 1.82) is 0 Å². The van der Waals surface area contributed by atoms with Crippen molar-refractivity contribution < 1.29 is 9.26 Å². The largest absolute Gasteiger partial charge is 0.377 e. The van der Waals surface area contributed by atoms with Gasteiger partial charge in [-0.3, -0.25) is 0 Å². The van der Waals surface area contributed by atoms with Gasteiger partial charge < -0.3 is 15.0 Å². The summed E-state index contributed by atoms with van der Waals surface area (Å²) in [5.41, 5.74) is 6.15. The fourth-order valence-corrected chi connectivity index (χ4v) is 3.50. The highest BCUT2D eigenvalue weighted by Gasteiger charge is 2.37. The summed E-state index contributed by atoms with van der Waals surface area (Å²) in [4.78, 5) is 4.64. The van der Waals surface area contributed by atoms with Crippen LogP contribution in [0.5, 0.6) is 0 Å². The molecule has 112 valence electrons. The van der Waals surface area contributed by atoms with Crippen molar-refractivity contribution in [1.82, 2.24) is 10.1 Å². The second-order valence-electron chi connectivity index (χ2n) is 6.24. The van der Waals surface area contributed by atoms with Crippen LogP contribution in [0.2, 0.25) is 0 Å². The molecule has 1 aromatic heterocycles. The Kier molecular flexibility index (Phi) is 4.08. The Morgan fingerprint density at radius 1 is 1.25 bits per heavy atom. The monoisotopic (exact) mass is 279 g/mol. The molecule has 2 atom stereocenters. The van der Waals surface area contributed by atoms with Crippen molar-refractivity contribution in [3.8, 4) is 0 Å². The van der Waals surface area contributed by atoms with Crippen molar-refractivity contribution in [3.05, 3.63) is 11.7 Å². The minimum atomic E-state index is -0.389. The lowest BCUT2D eigenvalue weighted by Gasteiger charge is -2.23. The number of hydrogen-bond acceptors (Lipinski definition) is 5. The number of aromatic nitrogens is 2. The Hall–Kier alpha value is -0.940. The van der Waals surface area contributed by atoms with E-state index in [1.807, 2.05) is 0 Å². The first kappa shape index (κ1) is 14.0. The molecule has 1 aliphatic carbocycles. The van der Waals surface area contributed by atoms with Gasteiger partial charge in [-0.05, 0) is 25.7 Å². The van der Waals surface area contributed by atoms with Crippen molar-refractivity contribution in [3.63, 3.8) is 0 Å². The van der Waals surface area contributed by atoms with Crippen LogP contribution in [-0.2, 0) is 10.3 Å². The summed E-state index contributed by atoms with van der Waals surface area (Å²) in [6.45, 7) is 2.92. The van der Waals surface area contributed by atoms with Crippen LogP contribution in [0.4, 0.5) is 0 Å². The molecule has 0 spiro atoms. The van der Waals surface area contributed by atoms with Gasteiger partial charge in [-0.25, -0.2) is 0 Å². The maximum Gasteiger partial charge on any atom is 0.232 e. The smallest absolute Gasteiger partial charge is 0.232 e. The van der Waals surface area contributed by atoms with Crippen LogP contribution < -0.4 is 5.73 Å². The molecule has 0 amide bonds. The number of rotatable bonds is 3. The van der Waals surface area contributed by atoms with Gasteiger partial charge in [-0.15, -0.1) is 0 Å². The van der Waals surface area contributed by atoms with Gasteiger partial charge in [0.05, 0.1) is 17.6 Å². The van der Waals surface area contributed by atoms with Gasteiger partial charge in [-0.2, -0.15) is 4.98 Å². The molecule has 2 heterocycles. The molecular weight excluding hydrogens is 254 g/mol. The topological polar surface area (TPSA) is 74.2 Å². The van der Waals surface area contributed by atoms with Crippen molar-refractivity contribution in [2.75, 3.05) is 6.61 Å². The highest BCUT2D eigenvalue weighted by molar-refractivity contribution is 5.08. The van der Waals surface area contributed by atoms with Crippen LogP contribution in [-0.4, -0.2) is 22.9 Å². The van der Waals surface area contributed by atoms with Crippen molar-refractivity contribution in [2.45, 2.75) is 75.9 Å². The van der Waals surface area contributed by atoms with E-state index >= 15 is 0 Å². The number of nitrogens with two attached hydrogens (primary N) is 1. The molecule has 5 nitrogen and oxygen atoms in total. The van der Waals surface area contributed by atoms with E-state index < -0.39 is 0 Å². The van der Waals surface area contributed by atoms with Gasteiger partial charge in [0.15, 0.2) is 5.82 Å². The molecule has 2 aliphatic rings. The number of hydrogen-bond donors (Lipinski definition) is 1. The molecule has 0 aromatic carbocycles. The summed E-state index contributed by atoms with van der Waals surface area (Å²) >= 11 is 0. The Labute approximate surface area is 120 Å². The van der Waals surface area contributed by atoms with Gasteiger partial charge in [0.1, 0.15) is 0 Å². The van der Waals surface area contributed by atoms with E-state index in [0.29, 0.717) is 5.82 Å². The molecule has 1 aromatic rings. The third-order valence-electron chi connectivity index (χ3n) is 4.81. The second kappa shape index (κ2) is 5.82. The zero-order chi connectivity index (χ0) is 14.0. The van der Waals surface area contributed by atoms with Crippen LogP contribution in [0.3, 0.4) is 0 Å². The predicted octanol–water partition coefficient (Wildman–Crippen LogP) is 2.86. The maximum absolute atomic E-state index is 6.54. The summed E-state index contributed by atoms with van der Waals surface area (Å²) < 4.78 is 11.2. The Balaban J connectivity index is 1.79. The van der Waals surface area contributed by atoms with Gasteiger partial charge in [0.2, 0.25) is 5.89 Å². The molecule has 5 heteroatoms. The van der Waals surface area contributed by atoms with Crippen LogP contribution >= 0.6 is 0 Å². The zero-order valence-corrected chi connectivity index (χ0v) is 12.3. The third kappa shape index (κ3) is 2.61. The molecular formula is C15H25N3O2. The fraction of sp³-hybridized carbons (Fsp3) is 0.867. The molecule has 3 rings (SSSR count). The molecule has 2 N–H and O–H groups in total. The quantitative estimate of drug-likeness (QED) is 0.861. The van der Waals surface area contributed by atoms with E-state index in [-0.39, 0.29) is 17.6 Å². The van der Waals surface area contributed by atoms with Gasteiger partial charge >= 0.3 is 0 Å². The molecule has 0 bridgehead atoms.